The summed E-state index contributed by atoms with van der Waals surface area (Å²) in [5, 5.41) is 14.0. The summed E-state index contributed by atoms with van der Waals surface area (Å²) in [7, 11) is 0. The number of rotatable bonds is 13. The van der Waals surface area contributed by atoms with Crippen molar-refractivity contribution in [3.05, 3.63) is 35.9 Å². The van der Waals surface area contributed by atoms with Crippen molar-refractivity contribution in [1.82, 2.24) is 10.2 Å². The minimum atomic E-state index is -0.672. The summed E-state index contributed by atoms with van der Waals surface area (Å²) < 4.78 is 0. The Morgan fingerprint density at radius 2 is 1.71 bits per heavy atom. The molecule has 0 radical (unpaired) electrons. The molecular formula is C23H38N2O2S. The topological polar surface area (TPSA) is 52.6 Å². The van der Waals surface area contributed by atoms with Crippen LogP contribution in [0.4, 0.5) is 0 Å². The zero-order valence-corrected chi connectivity index (χ0v) is 18.3. The van der Waals surface area contributed by atoms with Gasteiger partial charge in [0.1, 0.15) is 6.10 Å². The van der Waals surface area contributed by atoms with Crippen LogP contribution in [-0.4, -0.2) is 53.1 Å². The highest BCUT2D eigenvalue weighted by Gasteiger charge is 2.25. The zero-order valence-electron chi connectivity index (χ0n) is 17.4. The van der Waals surface area contributed by atoms with Gasteiger partial charge in [-0.2, -0.15) is 11.8 Å². The molecule has 4 nitrogen and oxygen atoms in total. The van der Waals surface area contributed by atoms with E-state index in [0.29, 0.717) is 13.0 Å². The second-order valence-corrected chi connectivity index (χ2v) is 9.04. The normalized spacial score (nSPS) is 17.2. The molecule has 1 heterocycles. The predicted octanol–water partition coefficient (Wildman–Crippen LogP) is 4.39. The average Bonchev–Trinajstić information content (AvgIpc) is 2.73. The van der Waals surface area contributed by atoms with Crippen LogP contribution in [0.1, 0.15) is 70.0 Å². The molecule has 158 valence electrons. The summed E-state index contributed by atoms with van der Waals surface area (Å²) in [4.78, 5) is 14.9. The van der Waals surface area contributed by atoms with Gasteiger partial charge in [-0.15, -0.1) is 0 Å². The second-order valence-electron chi connectivity index (χ2n) is 7.81. The molecule has 1 saturated heterocycles. The Labute approximate surface area is 175 Å². The Bertz CT molecular complexity index is 535. The van der Waals surface area contributed by atoms with Crippen molar-refractivity contribution in [1.29, 1.82) is 0 Å². The van der Waals surface area contributed by atoms with Gasteiger partial charge in [0, 0.05) is 37.6 Å². The van der Waals surface area contributed by atoms with E-state index < -0.39 is 6.10 Å². The SMILES string of the molecule is CCCCCCCCCC(=O)N[C@H](CN1CCSCC1)[C@H](O)c1ccccc1. The lowest BCUT2D eigenvalue weighted by Crippen LogP contribution is -2.49. The summed E-state index contributed by atoms with van der Waals surface area (Å²) in [5.41, 5.74) is 0.870. The Kier molecular flexibility index (Phi) is 11.6. The van der Waals surface area contributed by atoms with Crippen LogP contribution >= 0.6 is 11.8 Å². The molecule has 0 saturated carbocycles. The van der Waals surface area contributed by atoms with Crippen LogP contribution in [0.5, 0.6) is 0 Å². The molecule has 1 aromatic rings. The Balaban J connectivity index is 1.81. The quantitative estimate of drug-likeness (QED) is 0.477. The van der Waals surface area contributed by atoms with Crippen LogP contribution < -0.4 is 5.32 Å². The fraction of sp³-hybridized carbons (Fsp3) is 0.696. The van der Waals surface area contributed by atoms with Crippen molar-refractivity contribution in [3.8, 4) is 0 Å². The van der Waals surface area contributed by atoms with Crippen molar-refractivity contribution in [2.75, 3.05) is 31.1 Å². The van der Waals surface area contributed by atoms with Gasteiger partial charge in [-0.25, -0.2) is 0 Å². The van der Waals surface area contributed by atoms with Gasteiger partial charge in [0.25, 0.3) is 0 Å². The van der Waals surface area contributed by atoms with Crippen molar-refractivity contribution in [3.63, 3.8) is 0 Å². The van der Waals surface area contributed by atoms with Crippen LogP contribution in [0.15, 0.2) is 30.3 Å². The number of hydrogen-bond donors (Lipinski definition) is 2. The molecule has 0 bridgehead atoms. The minimum Gasteiger partial charge on any atom is -0.386 e. The largest absolute Gasteiger partial charge is 0.386 e. The molecule has 1 aliphatic heterocycles. The number of nitrogens with zero attached hydrogens (tertiary/aromatic N) is 1. The molecule has 2 atom stereocenters. The van der Waals surface area contributed by atoms with E-state index in [1.54, 1.807) is 0 Å². The first-order valence-electron chi connectivity index (χ1n) is 11.0. The van der Waals surface area contributed by atoms with Gasteiger partial charge in [0.2, 0.25) is 5.91 Å². The maximum atomic E-state index is 12.5. The third kappa shape index (κ3) is 8.97. The molecular weight excluding hydrogens is 368 g/mol. The molecule has 2 rings (SSSR count). The van der Waals surface area contributed by atoms with E-state index in [1.807, 2.05) is 42.1 Å². The number of benzene rings is 1. The zero-order chi connectivity index (χ0) is 20.0. The molecule has 1 amide bonds. The van der Waals surface area contributed by atoms with Crippen molar-refractivity contribution in [2.24, 2.45) is 0 Å². The first kappa shape index (κ1) is 23.2. The second kappa shape index (κ2) is 14.0. The number of carbonyl (C=O) groups is 1. The monoisotopic (exact) mass is 406 g/mol. The molecule has 1 aromatic carbocycles. The maximum absolute atomic E-state index is 12.5. The molecule has 0 spiro atoms. The van der Waals surface area contributed by atoms with Gasteiger partial charge in [0.05, 0.1) is 6.04 Å². The van der Waals surface area contributed by atoms with Crippen LogP contribution in [0.3, 0.4) is 0 Å². The number of aliphatic hydroxyl groups excluding tert-OH is 1. The van der Waals surface area contributed by atoms with Crippen LogP contribution in [0.2, 0.25) is 0 Å². The van der Waals surface area contributed by atoms with E-state index in [0.717, 1.165) is 43.0 Å². The Morgan fingerprint density at radius 3 is 2.39 bits per heavy atom. The molecule has 28 heavy (non-hydrogen) atoms. The number of aliphatic hydroxyl groups is 1. The molecule has 1 aliphatic rings. The minimum absolute atomic E-state index is 0.0694. The lowest BCUT2D eigenvalue weighted by molar-refractivity contribution is -0.123. The lowest BCUT2D eigenvalue weighted by atomic mass is 10.0. The van der Waals surface area contributed by atoms with Crippen molar-refractivity contribution < 1.29 is 9.90 Å². The summed E-state index contributed by atoms with van der Waals surface area (Å²) in [5.74, 6) is 2.32. The Hall–Kier alpha value is -1.04. The summed E-state index contributed by atoms with van der Waals surface area (Å²) in [6.45, 7) is 4.99. The van der Waals surface area contributed by atoms with Gasteiger partial charge in [-0.05, 0) is 12.0 Å². The van der Waals surface area contributed by atoms with Crippen LogP contribution in [0, 0.1) is 0 Å². The maximum Gasteiger partial charge on any atom is 0.220 e. The highest BCUT2D eigenvalue weighted by atomic mass is 32.2. The fourth-order valence-corrected chi connectivity index (χ4v) is 4.67. The third-order valence-electron chi connectivity index (χ3n) is 5.43. The summed E-state index contributed by atoms with van der Waals surface area (Å²) in [6.07, 6.45) is 8.32. The molecule has 0 aliphatic carbocycles. The molecule has 5 heteroatoms. The van der Waals surface area contributed by atoms with Gasteiger partial charge >= 0.3 is 0 Å². The number of nitrogens with one attached hydrogen (secondary N) is 1. The number of carbonyl (C=O) groups excluding carboxylic acids is 1. The number of unbranched alkanes of at least 4 members (excludes halogenated alkanes) is 6. The summed E-state index contributed by atoms with van der Waals surface area (Å²) in [6, 6.07) is 9.44. The number of hydrogen-bond acceptors (Lipinski definition) is 4. The molecule has 0 unspecified atom stereocenters. The van der Waals surface area contributed by atoms with Crippen LogP contribution in [0.25, 0.3) is 0 Å². The smallest absolute Gasteiger partial charge is 0.220 e. The number of amides is 1. The van der Waals surface area contributed by atoms with Gasteiger partial charge in [-0.3, -0.25) is 9.69 Å². The first-order valence-corrected chi connectivity index (χ1v) is 12.2. The Morgan fingerprint density at radius 1 is 1.07 bits per heavy atom. The van der Waals surface area contributed by atoms with E-state index in [1.165, 1.54) is 32.1 Å². The average molecular weight is 407 g/mol. The van der Waals surface area contributed by atoms with Gasteiger partial charge in [0.15, 0.2) is 0 Å². The predicted molar refractivity (Wildman–Crippen MR) is 120 cm³/mol. The van der Waals surface area contributed by atoms with E-state index >= 15 is 0 Å². The molecule has 1 fully saturated rings. The van der Waals surface area contributed by atoms with Gasteiger partial charge < -0.3 is 10.4 Å². The lowest BCUT2D eigenvalue weighted by Gasteiger charge is -2.33. The van der Waals surface area contributed by atoms with E-state index in [-0.39, 0.29) is 11.9 Å². The van der Waals surface area contributed by atoms with Gasteiger partial charge in [-0.1, -0.05) is 75.8 Å². The fourth-order valence-electron chi connectivity index (χ4n) is 3.69. The van der Waals surface area contributed by atoms with Crippen molar-refractivity contribution >= 4 is 17.7 Å². The molecule has 0 aromatic heterocycles. The standard InChI is InChI=1S/C23H38N2O2S/c1-2-3-4-5-6-7-11-14-22(26)24-21(19-25-15-17-28-18-16-25)23(27)20-12-9-8-10-13-20/h8-10,12-13,21,23,27H,2-7,11,14-19H2,1H3,(H,24,26)/t21-,23-/m1/s1. The highest BCUT2D eigenvalue weighted by molar-refractivity contribution is 7.99. The van der Waals surface area contributed by atoms with E-state index in [9.17, 15) is 9.90 Å². The number of thioether (sulfide) groups is 1. The van der Waals surface area contributed by atoms with Crippen molar-refractivity contribution in [2.45, 2.75) is 70.4 Å². The van der Waals surface area contributed by atoms with E-state index in [2.05, 4.69) is 17.1 Å². The first-order chi connectivity index (χ1) is 13.7. The third-order valence-corrected chi connectivity index (χ3v) is 6.38. The molecule has 2 N–H and O–H groups in total. The highest BCUT2D eigenvalue weighted by Crippen LogP contribution is 2.19. The van der Waals surface area contributed by atoms with E-state index in [4.69, 9.17) is 0 Å². The summed E-state index contributed by atoms with van der Waals surface area (Å²) >= 11 is 1.97. The van der Waals surface area contributed by atoms with Crippen LogP contribution in [-0.2, 0) is 4.79 Å².